The third-order valence-corrected chi connectivity index (χ3v) is 4.59. The van der Waals surface area contributed by atoms with Gasteiger partial charge in [0.2, 0.25) is 0 Å². The Labute approximate surface area is 121 Å². The summed E-state index contributed by atoms with van der Waals surface area (Å²) in [7, 11) is 0. The first kappa shape index (κ1) is 17.0. The summed E-state index contributed by atoms with van der Waals surface area (Å²) in [4.78, 5) is 2.81. The molecule has 0 spiro atoms. The summed E-state index contributed by atoms with van der Waals surface area (Å²) in [6.07, 6.45) is 9.45. The molecule has 0 amide bonds. The highest BCUT2D eigenvalue weighted by Crippen LogP contribution is 2.19. The van der Waals surface area contributed by atoms with Crippen LogP contribution in [-0.2, 0) is 0 Å². The normalized spacial score (nSPS) is 27.8. The van der Waals surface area contributed by atoms with Crippen molar-refractivity contribution in [2.24, 2.45) is 5.92 Å². The summed E-state index contributed by atoms with van der Waals surface area (Å²) in [6, 6.07) is 1.57. The van der Waals surface area contributed by atoms with Crippen LogP contribution in [0.15, 0.2) is 0 Å². The van der Waals surface area contributed by atoms with Gasteiger partial charge in [-0.3, -0.25) is 0 Å². The van der Waals surface area contributed by atoms with Gasteiger partial charge in [0.05, 0.1) is 0 Å². The molecule has 1 rings (SSSR count). The molecular weight excluding hydrogens is 232 g/mol. The summed E-state index contributed by atoms with van der Waals surface area (Å²) >= 11 is 0. The van der Waals surface area contributed by atoms with E-state index < -0.39 is 0 Å². The van der Waals surface area contributed by atoms with Crippen LogP contribution in [0.5, 0.6) is 0 Å². The molecule has 0 bridgehead atoms. The van der Waals surface area contributed by atoms with E-state index in [9.17, 15) is 0 Å². The van der Waals surface area contributed by atoms with Gasteiger partial charge in [-0.2, -0.15) is 0 Å². The molecule has 0 aromatic rings. The van der Waals surface area contributed by atoms with Gasteiger partial charge in [-0.05, 0) is 44.7 Å². The molecule has 1 saturated heterocycles. The highest BCUT2D eigenvalue weighted by atomic mass is 15.2. The van der Waals surface area contributed by atoms with Gasteiger partial charge in [0.1, 0.15) is 0 Å². The molecule has 1 aliphatic heterocycles. The van der Waals surface area contributed by atoms with E-state index in [0.717, 1.165) is 18.0 Å². The van der Waals surface area contributed by atoms with Crippen molar-refractivity contribution in [3.63, 3.8) is 0 Å². The Balaban J connectivity index is 2.58. The van der Waals surface area contributed by atoms with Crippen LogP contribution in [0.1, 0.15) is 72.6 Å². The van der Waals surface area contributed by atoms with Crippen LogP contribution in [0.3, 0.4) is 0 Å². The summed E-state index contributed by atoms with van der Waals surface area (Å²) in [6.45, 7) is 13.2. The van der Waals surface area contributed by atoms with E-state index >= 15 is 0 Å². The van der Waals surface area contributed by atoms with E-state index in [1.807, 2.05) is 0 Å². The minimum atomic E-state index is 0.735. The van der Waals surface area contributed by atoms with Gasteiger partial charge in [-0.25, -0.2) is 0 Å². The Hall–Kier alpha value is -0.0800. The van der Waals surface area contributed by atoms with Gasteiger partial charge in [-0.1, -0.05) is 47.0 Å². The van der Waals surface area contributed by atoms with Crippen molar-refractivity contribution in [2.75, 3.05) is 19.6 Å². The monoisotopic (exact) mass is 268 g/mol. The van der Waals surface area contributed by atoms with Gasteiger partial charge in [0, 0.05) is 18.6 Å². The number of unbranched alkanes of at least 4 members (excludes halogenated alkanes) is 1. The molecule has 0 saturated carbocycles. The maximum atomic E-state index is 3.73. The Morgan fingerprint density at radius 1 is 1.16 bits per heavy atom. The molecule has 19 heavy (non-hydrogen) atoms. The highest BCUT2D eigenvalue weighted by Gasteiger charge is 2.23. The standard InChI is InChI=1S/C17H36N2/c1-5-8-10-17(9-6-2)19-12-11-16(7-3)18-13-15(4)14-19/h15-18H,5-14H2,1-4H3. The number of nitrogens with one attached hydrogen (secondary N) is 1. The molecule has 114 valence electrons. The van der Waals surface area contributed by atoms with Crippen LogP contribution in [0, 0.1) is 5.92 Å². The molecule has 0 aromatic carbocycles. The Kier molecular flexibility index (Phi) is 8.72. The molecule has 3 atom stereocenters. The van der Waals surface area contributed by atoms with E-state index in [1.54, 1.807) is 0 Å². The SMILES string of the molecule is CCCCC(CCC)N1CCC(CC)NCC(C)C1. The van der Waals surface area contributed by atoms with Gasteiger partial charge >= 0.3 is 0 Å². The zero-order valence-corrected chi connectivity index (χ0v) is 13.8. The van der Waals surface area contributed by atoms with Crippen molar-refractivity contribution in [2.45, 2.75) is 84.7 Å². The first-order valence-corrected chi connectivity index (χ1v) is 8.68. The van der Waals surface area contributed by atoms with E-state index in [0.29, 0.717) is 0 Å². The van der Waals surface area contributed by atoms with Gasteiger partial charge in [-0.15, -0.1) is 0 Å². The maximum absolute atomic E-state index is 3.73. The van der Waals surface area contributed by atoms with Crippen molar-refractivity contribution < 1.29 is 0 Å². The fraction of sp³-hybridized carbons (Fsp3) is 1.00. The number of rotatable bonds is 7. The first-order valence-electron chi connectivity index (χ1n) is 8.68. The fourth-order valence-corrected chi connectivity index (χ4v) is 3.31. The lowest BCUT2D eigenvalue weighted by Gasteiger charge is -2.37. The largest absolute Gasteiger partial charge is 0.314 e. The maximum Gasteiger partial charge on any atom is 0.00952 e. The van der Waals surface area contributed by atoms with E-state index in [-0.39, 0.29) is 0 Å². The van der Waals surface area contributed by atoms with Crippen LogP contribution < -0.4 is 5.32 Å². The van der Waals surface area contributed by atoms with Crippen molar-refractivity contribution in [1.29, 1.82) is 0 Å². The van der Waals surface area contributed by atoms with Gasteiger partial charge < -0.3 is 10.2 Å². The van der Waals surface area contributed by atoms with Crippen molar-refractivity contribution >= 4 is 0 Å². The van der Waals surface area contributed by atoms with E-state index in [4.69, 9.17) is 0 Å². The summed E-state index contributed by atoms with van der Waals surface area (Å²) in [5.74, 6) is 0.787. The Morgan fingerprint density at radius 2 is 1.95 bits per heavy atom. The van der Waals surface area contributed by atoms with Crippen LogP contribution in [0.4, 0.5) is 0 Å². The molecule has 1 N–H and O–H groups in total. The van der Waals surface area contributed by atoms with Crippen LogP contribution in [-0.4, -0.2) is 36.6 Å². The zero-order valence-electron chi connectivity index (χ0n) is 13.8. The van der Waals surface area contributed by atoms with Crippen molar-refractivity contribution in [3.8, 4) is 0 Å². The number of hydrogen-bond donors (Lipinski definition) is 1. The lowest BCUT2D eigenvalue weighted by Crippen LogP contribution is -2.47. The molecule has 0 radical (unpaired) electrons. The average Bonchev–Trinajstić information content (AvgIpc) is 2.39. The van der Waals surface area contributed by atoms with Crippen LogP contribution in [0.25, 0.3) is 0 Å². The Morgan fingerprint density at radius 3 is 2.58 bits per heavy atom. The predicted molar refractivity (Wildman–Crippen MR) is 85.7 cm³/mol. The average molecular weight is 268 g/mol. The lowest BCUT2D eigenvalue weighted by molar-refractivity contribution is 0.129. The molecular formula is C17H36N2. The lowest BCUT2D eigenvalue weighted by atomic mass is 9.98. The fourth-order valence-electron chi connectivity index (χ4n) is 3.31. The van der Waals surface area contributed by atoms with Crippen LogP contribution >= 0.6 is 0 Å². The quantitative estimate of drug-likeness (QED) is 0.749. The topological polar surface area (TPSA) is 15.3 Å². The third kappa shape index (κ3) is 6.27. The third-order valence-electron chi connectivity index (χ3n) is 4.59. The van der Waals surface area contributed by atoms with Crippen molar-refractivity contribution in [1.82, 2.24) is 10.2 Å². The van der Waals surface area contributed by atoms with Gasteiger partial charge in [0.15, 0.2) is 0 Å². The second-order valence-corrected chi connectivity index (χ2v) is 6.49. The molecule has 0 aliphatic carbocycles. The molecule has 0 aromatic heterocycles. The molecule has 1 fully saturated rings. The molecule has 3 unspecified atom stereocenters. The zero-order chi connectivity index (χ0) is 14.1. The summed E-state index contributed by atoms with van der Waals surface area (Å²) in [5, 5.41) is 3.73. The number of nitrogens with zero attached hydrogens (tertiary/aromatic N) is 1. The molecule has 2 nitrogen and oxygen atoms in total. The smallest absolute Gasteiger partial charge is 0.00952 e. The Bertz CT molecular complexity index is 217. The molecule has 1 aliphatic rings. The summed E-state index contributed by atoms with van der Waals surface area (Å²) < 4.78 is 0. The molecule has 2 heteroatoms. The summed E-state index contributed by atoms with van der Waals surface area (Å²) in [5.41, 5.74) is 0. The van der Waals surface area contributed by atoms with Gasteiger partial charge in [0.25, 0.3) is 0 Å². The minimum Gasteiger partial charge on any atom is -0.314 e. The van der Waals surface area contributed by atoms with E-state index in [2.05, 4.69) is 37.9 Å². The second kappa shape index (κ2) is 9.77. The highest BCUT2D eigenvalue weighted by molar-refractivity contribution is 4.80. The predicted octanol–water partition coefficient (Wildman–Crippen LogP) is 4.06. The van der Waals surface area contributed by atoms with Crippen molar-refractivity contribution in [3.05, 3.63) is 0 Å². The second-order valence-electron chi connectivity index (χ2n) is 6.49. The minimum absolute atomic E-state index is 0.735. The van der Waals surface area contributed by atoms with Crippen LogP contribution in [0.2, 0.25) is 0 Å². The first-order chi connectivity index (χ1) is 9.21. The van der Waals surface area contributed by atoms with E-state index in [1.165, 1.54) is 64.6 Å². The number of hydrogen-bond acceptors (Lipinski definition) is 2. The molecule has 1 heterocycles.